The van der Waals surface area contributed by atoms with Crippen LogP contribution in [0.3, 0.4) is 0 Å². The van der Waals surface area contributed by atoms with Crippen molar-refractivity contribution in [3.63, 3.8) is 0 Å². The summed E-state index contributed by atoms with van der Waals surface area (Å²) < 4.78 is 21.6. The van der Waals surface area contributed by atoms with Gasteiger partial charge in [-0.15, -0.1) is 0 Å². The SMILES string of the molecule is O=C1NCCCS(=O)(=O)S1. The number of nitrogens with one attached hydrogen (secondary N) is 1. The van der Waals surface area contributed by atoms with Gasteiger partial charge in [0.15, 0.2) is 0 Å². The van der Waals surface area contributed by atoms with Crippen molar-refractivity contribution in [2.45, 2.75) is 6.42 Å². The number of amides is 1. The zero-order chi connectivity index (χ0) is 7.61. The fourth-order valence-corrected chi connectivity index (χ4v) is 3.07. The average molecular weight is 181 g/mol. The second kappa shape index (κ2) is 2.79. The molecule has 1 saturated heterocycles. The Labute approximate surface area is 62.7 Å². The molecular weight excluding hydrogens is 174 g/mol. The Morgan fingerprint density at radius 1 is 1.50 bits per heavy atom. The van der Waals surface area contributed by atoms with Crippen LogP contribution in [-0.2, 0) is 8.87 Å². The lowest BCUT2D eigenvalue weighted by molar-refractivity contribution is 0.261. The fourth-order valence-electron chi connectivity index (χ4n) is 0.626. The largest absolute Gasteiger partial charge is 0.346 e. The van der Waals surface area contributed by atoms with E-state index in [1.807, 2.05) is 0 Å². The summed E-state index contributed by atoms with van der Waals surface area (Å²) in [6.45, 7) is 0.463. The van der Waals surface area contributed by atoms with E-state index in [1.54, 1.807) is 0 Å². The van der Waals surface area contributed by atoms with Gasteiger partial charge in [-0.1, -0.05) is 0 Å². The molecule has 0 unspecified atom stereocenters. The van der Waals surface area contributed by atoms with Gasteiger partial charge in [0, 0.05) is 6.54 Å². The summed E-state index contributed by atoms with van der Waals surface area (Å²) in [5, 5.41) is 1.98. The van der Waals surface area contributed by atoms with E-state index < -0.39 is 14.1 Å². The molecule has 6 heteroatoms. The number of rotatable bonds is 0. The first-order valence-electron chi connectivity index (χ1n) is 2.80. The zero-order valence-electron chi connectivity index (χ0n) is 5.16. The Hall–Kier alpha value is -0.230. The molecule has 1 N–H and O–H groups in total. The van der Waals surface area contributed by atoms with Crippen LogP contribution in [0.4, 0.5) is 4.79 Å². The van der Waals surface area contributed by atoms with E-state index in [0.29, 0.717) is 23.8 Å². The second-order valence-electron chi connectivity index (χ2n) is 1.91. The third kappa shape index (κ3) is 2.18. The lowest BCUT2D eigenvalue weighted by Gasteiger charge is -1.92. The molecule has 0 aromatic carbocycles. The summed E-state index contributed by atoms with van der Waals surface area (Å²) in [5.41, 5.74) is 0. The quantitative estimate of drug-likeness (QED) is 0.541. The van der Waals surface area contributed by atoms with E-state index in [-0.39, 0.29) is 5.75 Å². The van der Waals surface area contributed by atoms with Crippen LogP contribution in [0.15, 0.2) is 0 Å². The van der Waals surface area contributed by atoms with Crippen LogP contribution in [0.25, 0.3) is 0 Å². The van der Waals surface area contributed by atoms with Gasteiger partial charge in [0.05, 0.1) is 16.5 Å². The minimum Gasteiger partial charge on any atom is -0.346 e. The third-order valence-corrected chi connectivity index (χ3v) is 4.10. The Morgan fingerprint density at radius 2 is 2.20 bits per heavy atom. The van der Waals surface area contributed by atoms with Crippen molar-refractivity contribution in [1.29, 1.82) is 0 Å². The van der Waals surface area contributed by atoms with Gasteiger partial charge in [-0.05, 0) is 6.42 Å². The molecule has 0 radical (unpaired) electrons. The van der Waals surface area contributed by atoms with Crippen LogP contribution in [-0.4, -0.2) is 26.0 Å². The Morgan fingerprint density at radius 3 is 2.90 bits per heavy atom. The molecule has 0 aromatic heterocycles. The number of carbonyl (C=O) groups excluding carboxylic acids is 1. The summed E-state index contributed by atoms with van der Waals surface area (Å²) in [5.74, 6) is 0.0937. The Kier molecular flexibility index (Phi) is 2.20. The highest BCUT2D eigenvalue weighted by Gasteiger charge is 2.20. The van der Waals surface area contributed by atoms with Gasteiger partial charge in [-0.2, -0.15) is 0 Å². The first kappa shape index (κ1) is 7.87. The Bertz CT molecular complexity index is 233. The molecule has 0 bridgehead atoms. The van der Waals surface area contributed by atoms with Crippen LogP contribution in [0.1, 0.15) is 6.42 Å². The lowest BCUT2D eigenvalue weighted by Crippen LogP contribution is -2.17. The van der Waals surface area contributed by atoms with Crippen LogP contribution in [0.2, 0.25) is 0 Å². The minimum atomic E-state index is -3.16. The first-order chi connectivity index (χ1) is 4.60. The van der Waals surface area contributed by atoms with Gasteiger partial charge >= 0.3 is 0 Å². The van der Waals surface area contributed by atoms with Crippen LogP contribution < -0.4 is 5.32 Å². The van der Waals surface area contributed by atoms with Crippen molar-refractivity contribution < 1.29 is 13.2 Å². The molecule has 1 aliphatic rings. The van der Waals surface area contributed by atoms with Gasteiger partial charge in [-0.25, -0.2) is 8.42 Å². The average Bonchev–Trinajstić information content (AvgIpc) is 1.90. The predicted molar refractivity (Wildman–Crippen MR) is 39.4 cm³/mol. The molecule has 1 rings (SSSR count). The topological polar surface area (TPSA) is 63.2 Å². The maximum absolute atomic E-state index is 10.8. The maximum Gasteiger partial charge on any atom is 0.294 e. The highest BCUT2D eigenvalue weighted by molar-refractivity contribution is 8.77. The van der Waals surface area contributed by atoms with E-state index >= 15 is 0 Å². The molecule has 0 aliphatic carbocycles. The van der Waals surface area contributed by atoms with Gasteiger partial charge in [0.25, 0.3) is 5.24 Å². The molecule has 0 atom stereocenters. The summed E-state index contributed by atoms with van der Waals surface area (Å²) in [6, 6.07) is 0. The summed E-state index contributed by atoms with van der Waals surface area (Å²) in [6.07, 6.45) is 0.515. The van der Waals surface area contributed by atoms with Crippen molar-refractivity contribution in [3.05, 3.63) is 0 Å². The molecule has 0 saturated carbocycles. The van der Waals surface area contributed by atoms with Crippen molar-refractivity contribution in [1.82, 2.24) is 5.32 Å². The second-order valence-corrected chi connectivity index (χ2v) is 6.00. The molecule has 4 nitrogen and oxygen atoms in total. The van der Waals surface area contributed by atoms with Crippen molar-refractivity contribution in [2.24, 2.45) is 0 Å². The minimum absolute atomic E-state index is 0.0937. The summed E-state index contributed by atoms with van der Waals surface area (Å²) >= 11 is 0. The number of hydrogen-bond donors (Lipinski definition) is 1. The summed E-state index contributed by atoms with van der Waals surface area (Å²) in [4.78, 5) is 10.6. The molecule has 0 aromatic rings. The van der Waals surface area contributed by atoms with Gasteiger partial charge < -0.3 is 5.32 Å². The molecular formula is C4H7NO3S2. The zero-order valence-corrected chi connectivity index (χ0v) is 6.80. The van der Waals surface area contributed by atoms with Crippen LogP contribution in [0.5, 0.6) is 0 Å². The standard InChI is InChI=1S/C4H7NO3S2/c6-4-5-2-1-3-10(7,8)9-4/h1-3H2,(H,5,6). The van der Waals surface area contributed by atoms with E-state index in [2.05, 4.69) is 5.32 Å². The fraction of sp³-hybridized carbons (Fsp3) is 0.750. The normalized spacial score (nSPS) is 25.0. The number of hydrogen-bond acceptors (Lipinski definition) is 4. The van der Waals surface area contributed by atoms with Gasteiger partial charge in [0.1, 0.15) is 0 Å². The molecule has 10 heavy (non-hydrogen) atoms. The summed E-state index contributed by atoms with van der Waals surface area (Å²) in [7, 11) is -2.78. The smallest absolute Gasteiger partial charge is 0.294 e. The molecule has 0 spiro atoms. The van der Waals surface area contributed by atoms with E-state index in [0.717, 1.165) is 0 Å². The van der Waals surface area contributed by atoms with Crippen LogP contribution in [0, 0.1) is 0 Å². The highest BCUT2D eigenvalue weighted by atomic mass is 33.1. The van der Waals surface area contributed by atoms with Crippen LogP contribution >= 0.6 is 10.8 Å². The Balaban J connectivity index is 2.73. The molecule has 1 amide bonds. The first-order valence-corrected chi connectivity index (χ1v) is 5.79. The molecule has 58 valence electrons. The van der Waals surface area contributed by atoms with E-state index in [1.165, 1.54) is 0 Å². The van der Waals surface area contributed by atoms with Crippen molar-refractivity contribution in [2.75, 3.05) is 12.3 Å². The van der Waals surface area contributed by atoms with Crippen molar-refractivity contribution in [3.8, 4) is 0 Å². The van der Waals surface area contributed by atoms with Crippen molar-refractivity contribution >= 4 is 24.9 Å². The maximum atomic E-state index is 10.8. The molecule has 1 fully saturated rings. The predicted octanol–water partition coefficient (Wildman–Crippen LogP) is 0.163. The molecule has 1 aliphatic heterocycles. The van der Waals surface area contributed by atoms with Gasteiger partial charge in [0.2, 0.25) is 8.87 Å². The molecule has 1 heterocycles. The van der Waals surface area contributed by atoms with Gasteiger partial charge in [-0.3, -0.25) is 4.79 Å². The third-order valence-electron chi connectivity index (χ3n) is 1.04. The number of carbonyl (C=O) groups is 1. The highest BCUT2D eigenvalue weighted by Crippen LogP contribution is 2.16. The lowest BCUT2D eigenvalue weighted by atomic mass is 10.5. The van der Waals surface area contributed by atoms with E-state index in [4.69, 9.17) is 0 Å². The monoisotopic (exact) mass is 181 g/mol. The van der Waals surface area contributed by atoms with E-state index in [9.17, 15) is 13.2 Å².